The largest absolute Gasteiger partial charge is 0.388 e. The molecule has 3 nitrogen and oxygen atoms in total. The van der Waals surface area contributed by atoms with Gasteiger partial charge in [-0.1, -0.05) is 19.9 Å². The number of aliphatic imine (C=N–C) groups is 1. The fourth-order valence-electron chi connectivity index (χ4n) is 9.05. The molecule has 23 heavy (non-hydrogen) atoms. The van der Waals surface area contributed by atoms with Gasteiger partial charge in [-0.3, -0.25) is 4.99 Å². The van der Waals surface area contributed by atoms with Gasteiger partial charge in [-0.2, -0.15) is 0 Å². The summed E-state index contributed by atoms with van der Waals surface area (Å²) in [5.74, 6) is 1.20. The van der Waals surface area contributed by atoms with E-state index in [9.17, 15) is 10.2 Å². The van der Waals surface area contributed by atoms with Crippen LogP contribution in [0.15, 0.2) is 17.1 Å². The third-order valence-electron chi connectivity index (χ3n) is 9.65. The standard InChI is InChI=1S/C20H27NO2/c1-11-12-8-13-15-19-6-3-5-17(2,10-21-15)14(19)4-7-18(13,16(11)22)20(19,23)9-12/h10,12-16,22-23H,1,3-9H2,2H3/t12-,13+,14-,15+,16+,17-,18-,19+,20-/m0/s1. The van der Waals surface area contributed by atoms with Crippen LogP contribution in [0.5, 0.6) is 0 Å². The molecule has 0 amide bonds. The van der Waals surface area contributed by atoms with Crippen molar-refractivity contribution < 1.29 is 10.2 Å². The van der Waals surface area contributed by atoms with Crippen LogP contribution in [0.3, 0.4) is 0 Å². The van der Waals surface area contributed by atoms with E-state index in [4.69, 9.17) is 4.99 Å². The first-order chi connectivity index (χ1) is 10.9. The van der Waals surface area contributed by atoms with Gasteiger partial charge in [-0.05, 0) is 61.9 Å². The first-order valence-electron chi connectivity index (χ1n) is 9.54. The lowest BCUT2D eigenvalue weighted by Gasteiger charge is -2.69. The second-order valence-corrected chi connectivity index (χ2v) is 9.84. The van der Waals surface area contributed by atoms with Crippen molar-refractivity contribution in [3.8, 4) is 0 Å². The molecule has 0 saturated heterocycles. The highest BCUT2D eigenvalue weighted by molar-refractivity contribution is 5.69. The molecule has 1 heterocycles. The predicted molar refractivity (Wildman–Crippen MR) is 88.1 cm³/mol. The Bertz CT molecular complexity index is 673. The van der Waals surface area contributed by atoms with Gasteiger partial charge in [-0.15, -0.1) is 0 Å². The number of hydrogen-bond donors (Lipinski definition) is 2. The SMILES string of the molecule is C=C1[C@H]2C[C@@H]3[C@H]4N=C[C@]5(C)CCC[C@@]46[C@H]5CC[C@]3([C@@H]1O)[C@@]6(O)C2. The van der Waals surface area contributed by atoms with Gasteiger partial charge >= 0.3 is 0 Å². The monoisotopic (exact) mass is 313 g/mol. The Balaban J connectivity index is 1.68. The number of nitrogens with zero attached hydrogens (tertiary/aromatic N) is 1. The first-order valence-corrected chi connectivity index (χ1v) is 9.54. The smallest absolute Gasteiger partial charge is 0.0837 e. The number of rotatable bonds is 0. The zero-order chi connectivity index (χ0) is 15.8. The van der Waals surface area contributed by atoms with Gasteiger partial charge in [0.25, 0.3) is 0 Å². The van der Waals surface area contributed by atoms with Gasteiger partial charge in [0, 0.05) is 22.5 Å². The third kappa shape index (κ3) is 1.02. The summed E-state index contributed by atoms with van der Waals surface area (Å²) >= 11 is 0. The minimum absolute atomic E-state index is 0.0753. The summed E-state index contributed by atoms with van der Waals surface area (Å²) in [6, 6.07) is 0.237. The summed E-state index contributed by atoms with van der Waals surface area (Å²) in [5.41, 5.74) is 0.00184. The minimum Gasteiger partial charge on any atom is -0.388 e. The summed E-state index contributed by atoms with van der Waals surface area (Å²) in [6.07, 6.45) is 9.28. The van der Waals surface area contributed by atoms with E-state index in [0.29, 0.717) is 17.8 Å². The molecule has 7 rings (SSSR count). The second-order valence-electron chi connectivity index (χ2n) is 9.84. The van der Waals surface area contributed by atoms with Crippen molar-refractivity contribution in [2.75, 3.05) is 0 Å². The molecular formula is C20H27NO2. The Morgan fingerprint density at radius 3 is 2.91 bits per heavy atom. The maximum absolute atomic E-state index is 12.2. The lowest BCUT2D eigenvalue weighted by Crippen LogP contribution is -2.73. The summed E-state index contributed by atoms with van der Waals surface area (Å²) in [4.78, 5) is 5.11. The average molecular weight is 313 g/mol. The molecule has 0 aromatic rings. The molecule has 6 bridgehead atoms. The molecular weight excluding hydrogens is 286 g/mol. The lowest BCUT2D eigenvalue weighted by molar-refractivity contribution is -0.272. The Labute approximate surface area is 137 Å². The van der Waals surface area contributed by atoms with E-state index < -0.39 is 11.7 Å². The van der Waals surface area contributed by atoms with Crippen LogP contribution in [-0.4, -0.2) is 34.2 Å². The van der Waals surface area contributed by atoms with Crippen molar-refractivity contribution in [3.05, 3.63) is 12.2 Å². The molecule has 6 saturated carbocycles. The van der Waals surface area contributed by atoms with E-state index in [0.717, 1.165) is 37.7 Å². The van der Waals surface area contributed by atoms with Crippen molar-refractivity contribution in [2.24, 2.45) is 39.0 Å². The van der Waals surface area contributed by atoms with Crippen molar-refractivity contribution in [2.45, 2.75) is 69.6 Å². The summed E-state index contributed by atoms with van der Waals surface area (Å²) in [5, 5.41) is 23.4. The van der Waals surface area contributed by atoms with Gasteiger partial charge in [0.15, 0.2) is 0 Å². The highest BCUT2D eigenvalue weighted by Crippen LogP contribution is 2.83. The Kier molecular flexibility index (Phi) is 2.06. The molecule has 2 spiro atoms. The molecule has 6 fully saturated rings. The summed E-state index contributed by atoms with van der Waals surface area (Å²) < 4.78 is 0. The van der Waals surface area contributed by atoms with Gasteiger partial charge in [-0.25, -0.2) is 0 Å². The molecule has 3 heteroatoms. The van der Waals surface area contributed by atoms with Crippen molar-refractivity contribution in [1.82, 2.24) is 0 Å². The van der Waals surface area contributed by atoms with E-state index >= 15 is 0 Å². The Hall–Kier alpha value is -0.670. The third-order valence-corrected chi connectivity index (χ3v) is 9.65. The van der Waals surface area contributed by atoms with Crippen LogP contribution in [0.25, 0.3) is 0 Å². The van der Waals surface area contributed by atoms with Crippen molar-refractivity contribution in [1.29, 1.82) is 0 Å². The van der Waals surface area contributed by atoms with Crippen LogP contribution in [0.2, 0.25) is 0 Å². The number of fused-ring (bicyclic) bond motifs is 1. The number of aliphatic hydroxyl groups excluding tert-OH is 1. The Morgan fingerprint density at radius 2 is 2.09 bits per heavy atom. The molecule has 6 aliphatic carbocycles. The minimum atomic E-state index is -0.721. The Morgan fingerprint density at radius 1 is 1.26 bits per heavy atom. The fraction of sp³-hybridized carbons (Fsp3) is 0.850. The van der Waals surface area contributed by atoms with Gasteiger partial charge < -0.3 is 10.2 Å². The van der Waals surface area contributed by atoms with Crippen LogP contribution < -0.4 is 0 Å². The van der Waals surface area contributed by atoms with Crippen molar-refractivity contribution in [3.63, 3.8) is 0 Å². The molecule has 0 aromatic carbocycles. The topological polar surface area (TPSA) is 52.8 Å². The zero-order valence-corrected chi connectivity index (χ0v) is 14.0. The highest BCUT2D eigenvalue weighted by Gasteiger charge is 2.86. The normalized spacial score (nSPS) is 67.6. The molecule has 1 aliphatic heterocycles. The van der Waals surface area contributed by atoms with E-state index in [-0.39, 0.29) is 22.3 Å². The molecule has 9 atom stereocenters. The molecule has 2 N–H and O–H groups in total. The van der Waals surface area contributed by atoms with Gasteiger partial charge in [0.2, 0.25) is 0 Å². The van der Waals surface area contributed by atoms with Crippen LogP contribution >= 0.6 is 0 Å². The van der Waals surface area contributed by atoms with E-state index in [2.05, 4.69) is 19.7 Å². The maximum atomic E-state index is 12.2. The van der Waals surface area contributed by atoms with Gasteiger partial charge in [0.05, 0.1) is 17.7 Å². The quantitative estimate of drug-likeness (QED) is 0.676. The molecule has 7 aliphatic rings. The van der Waals surface area contributed by atoms with E-state index in [1.54, 1.807) is 0 Å². The van der Waals surface area contributed by atoms with Crippen molar-refractivity contribution >= 4 is 6.21 Å². The average Bonchev–Trinajstić information content (AvgIpc) is 2.60. The van der Waals surface area contributed by atoms with Crippen LogP contribution in [0, 0.1) is 34.0 Å². The number of hydrogen-bond acceptors (Lipinski definition) is 3. The fourth-order valence-corrected chi connectivity index (χ4v) is 9.05. The number of aliphatic hydroxyl groups is 2. The van der Waals surface area contributed by atoms with Gasteiger partial charge in [0.1, 0.15) is 0 Å². The molecule has 124 valence electrons. The molecule has 0 aromatic heterocycles. The van der Waals surface area contributed by atoms with Crippen LogP contribution in [-0.2, 0) is 0 Å². The lowest BCUT2D eigenvalue weighted by atomic mass is 9.38. The first kappa shape index (κ1) is 13.6. The highest BCUT2D eigenvalue weighted by atomic mass is 16.3. The summed E-state index contributed by atoms with van der Waals surface area (Å²) in [6.45, 7) is 6.60. The molecule has 0 unspecified atom stereocenters. The predicted octanol–water partition coefficient (Wildman–Crippen LogP) is 2.71. The van der Waals surface area contributed by atoms with Crippen LogP contribution in [0.4, 0.5) is 0 Å². The zero-order valence-electron chi connectivity index (χ0n) is 14.0. The van der Waals surface area contributed by atoms with E-state index in [1.165, 1.54) is 12.8 Å². The van der Waals surface area contributed by atoms with Crippen LogP contribution in [0.1, 0.15) is 51.9 Å². The maximum Gasteiger partial charge on any atom is 0.0837 e. The summed E-state index contributed by atoms with van der Waals surface area (Å²) in [7, 11) is 0. The molecule has 0 radical (unpaired) electrons. The second kappa shape index (κ2) is 3.48. The van der Waals surface area contributed by atoms with E-state index in [1.807, 2.05) is 0 Å².